The van der Waals surface area contributed by atoms with Gasteiger partial charge in [-0.25, -0.2) is 14.4 Å². The van der Waals surface area contributed by atoms with Gasteiger partial charge in [-0.3, -0.25) is 0 Å². The summed E-state index contributed by atoms with van der Waals surface area (Å²) < 4.78 is 18.8. The minimum Gasteiger partial charge on any atom is -0.489 e. The molecule has 0 atom stereocenters. The Kier molecular flexibility index (Phi) is 6.20. The Bertz CT molecular complexity index is 868. The third kappa shape index (κ3) is 5.67. The standard InChI is InChI=1S/C21H23FN4O/c1-15(2)27-19-6-4-3-5-18(19)26-21-13-20(24-14-25-21)23-12-11-16-7-9-17(22)10-8-16/h3-10,13-15H,11-12H2,1-2H3,(H2,23,24,25,26). The lowest BCUT2D eigenvalue weighted by molar-refractivity contribution is 0.244. The van der Waals surface area contributed by atoms with E-state index in [1.54, 1.807) is 12.1 Å². The molecule has 2 aromatic carbocycles. The topological polar surface area (TPSA) is 59.1 Å². The highest BCUT2D eigenvalue weighted by Crippen LogP contribution is 2.27. The van der Waals surface area contributed by atoms with E-state index >= 15 is 0 Å². The Morgan fingerprint density at radius 1 is 1.00 bits per heavy atom. The summed E-state index contributed by atoms with van der Waals surface area (Å²) in [5, 5.41) is 6.54. The first kappa shape index (κ1) is 18.6. The van der Waals surface area contributed by atoms with Gasteiger partial charge in [0.15, 0.2) is 0 Å². The molecule has 0 saturated heterocycles. The molecule has 0 radical (unpaired) electrons. The molecule has 0 bridgehead atoms. The number of aromatic nitrogens is 2. The predicted molar refractivity (Wildman–Crippen MR) is 106 cm³/mol. The number of hydrogen-bond donors (Lipinski definition) is 2. The number of nitrogens with one attached hydrogen (secondary N) is 2. The molecule has 0 amide bonds. The lowest BCUT2D eigenvalue weighted by atomic mass is 10.1. The van der Waals surface area contributed by atoms with Crippen LogP contribution in [-0.2, 0) is 6.42 Å². The molecule has 0 aliphatic heterocycles. The van der Waals surface area contributed by atoms with Crippen LogP contribution in [0.15, 0.2) is 60.9 Å². The summed E-state index contributed by atoms with van der Waals surface area (Å²) in [4.78, 5) is 8.52. The molecular weight excluding hydrogens is 343 g/mol. The van der Waals surface area contributed by atoms with Crippen LogP contribution in [0.25, 0.3) is 0 Å². The van der Waals surface area contributed by atoms with Crippen molar-refractivity contribution in [1.29, 1.82) is 0 Å². The molecule has 6 heteroatoms. The van der Waals surface area contributed by atoms with Gasteiger partial charge in [0, 0.05) is 12.6 Å². The van der Waals surface area contributed by atoms with E-state index in [1.165, 1.54) is 18.5 Å². The fraction of sp³-hybridized carbons (Fsp3) is 0.238. The number of benzene rings is 2. The zero-order valence-corrected chi connectivity index (χ0v) is 15.4. The van der Waals surface area contributed by atoms with Crippen LogP contribution in [0, 0.1) is 5.82 Å². The SMILES string of the molecule is CC(C)Oc1ccccc1Nc1cc(NCCc2ccc(F)cc2)ncn1. The van der Waals surface area contributed by atoms with Gasteiger partial charge in [-0.2, -0.15) is 0 Å². The highest BCUT2D eigenvalue weighted by Gasteiger charge is 2.07. The maximum atomic E-state index is 12.9. The molecule has 0 aliphatic carbocycles. The predicted octanol–water partition coefficient (Wildman–Crippen LogP) is 4.80. The first-order valence-electron chi connectivity index (χ1n) is 8.93. The van der Waals surface area contributed by atoms with E-state index in [9.17, 15) is 4.39 Å². The fourth-order valence-corrected chi connectivity index (χ4v) is 2.57. The van der Waals surface area contributed by atoms with E-state index in [2.05, 4.69) is 20.6 Å². The molecule has 27 heavy (non-hydrogen) atoms. The molecule has 2 N–H and O–H groups in total. The number of ether oxygens (including phenoxy) is 1. The fourth-order valence-electron chi connectivity index (χ4n) is 2.57. The summed E-state index contributed by atoms with van der Waals surface area (Å²) in [5.74, 6) is 1.95. The van der Waals surface area contributed by atoms with Gasteiger partial charge < -0.3 is 15.4 Å². The summed E-state index contributed by atoms with van der Waals surface area (Å²) >= 11 is 0. The highest BCUT2D eigenvalue weighted by molar-refractivity contribution is 5.65. The number of rotatable bonds is 8. The Morgan fingerprint density at radius 3 is 2.52 bits per heavy atom. The minimum absolute atomic E-state index is 0.0852. The van der Waals surface area contributed by atoms with Gasteiger partial charge in [0.2, 0.25) is 0 Å². The first-order chi connectivity index (χ1) is 13.1. The largest absolute Gasteiger partial charge is 0.489 e. The number of halogens is 1. The van der Waals surface area contributed by atoms with Crippen molar-refractivity contribution in [2.75, 3.05) is 17.2 Å². The molecule has 1 aromatic heterocycles. The maximum absolute atomic E-state index is 12.9. The van der Waals surface area contributed by atoms with E-state index in [0.29, 0.717) is 12.4 Å². The van der Waals surface area contributed by atoms with Crippen molar-refractivity contribution in [3.63, 3.8) is 0 Å². The first-order valence-corrected chi connectivity index (χ1v) is 8.93. The van der Waals surface area contributed by atoms with Crippen molar-refractivity contribution < 1.29 is 9.13 Å². The van der Waals surface area contributed by atoms with Gasteiger partial charge in [0.05, 0.1) is 11.8 Å². The highest BCUT2D eigenvalue weighted by atomic mass is 19.1. The van der Waals surface area contributed by atoms with Crippen LogP contribution in [0.1, 0.15) is 19.4 Å². The van der Waals surface area contributed by atoms with Gasteiger partial charge in [0.25, 0.3) is 0 Å². The molecule has 1 heterocycles. The van der Waals surface area contributed by atoms with Crippen molar-refractivity contribution >= 4 is 17.3 Å². The third-order valence-corrected chi connectivity index (χ3v) is 3.81. The van der Waals surface area contributed by atoms with E-state index in [1.807, 2.05) is 44.2 Å². The number of para-hydroxylation sites is 2. The van der Waals surface area contributed by atoms with Crippen molar-refractivity contribution in [2.24, 2.45) is 0 Å². The second-order valence-electron chi connectivity index (χ2n) is 6.38. The normalized spacial score (nSPS) is 10.7. The molecule has 0 aliphatic rings. The van der Waals surface area contributed by atoms with Gasteiger partial charge >= 0.3 is 0 Å². The number of anilines is 3. The summed E-state index contributed by atoms with van der Waals surface area (Å²) in [6, 6.07) is 16.1. The molecule has 0 spiro atoms. The van der Waals surface area contributed by atoms with Crippen LogP contribution >= 0.6 is 0 Å². The Balaban J connectivity index is 1.61. The van der Waals surface area contributed by atoms with Crippen LogP contribution in [0.3, 0.4) is 0 Å². The van der Waals surface area contributed by atoms with Crippen molar-refractivity contribution in [2.45, 2.75) is 26.4 Å². The Hall–Kier alpha value is -3.15. The van der Waals surface area contributed by atoms with Crippen molar-refractivity contribution in [3.05, 3.63) is 72.3 Å². The molecule has 3 rings (SSSR count). The van der Waals surface area contributed by atoms with Gasteiger partial charge in [-0.15, -0.1) is 0 Å². The average Bonchev–Trinajstić information content (AvgIpc) is 2.65. The summed E-state index contributed by atoms with van der Waals surface area (Å²) in [5.41, 5.74) is 1.92. The molecule has 0 fully saturated rings. The molecule has 140 valence electrons. The second kappa shape index (κ2) is 8.98. The maximum Gasteiger partial charge on any atom is 0.143 e. The lowest BCUT2D eigenvalue weighted by Gasteiger charge is -2.15. The van der Waals surface area contributed by atoms with Gasteiger partial charge in [-0.1, -0.05) is 24.3 Å². The van der Waals surface area contributed by atoms with Crippen LogP contribution in [0.5, 0.6) is 5.75 Å². The molecule has 3 aromatic rings. The Labute approximate surface area is 158 Å². The minimum atomic E-state index is -0.222. The smallest absolute Gasteiger partial charge is 0.143 e. The average molecular weight is 366 g/mol. The number of nitrogens with zero attached hydrogens (tertiary/aromatic N) is 2. The summed E-state index contributed by atoms with van der Waals surface area (Å²) in [6.45, 7) is 4.67. The molecule has 0 saturated carbocycles. The van der Waals surface area contributed by atoms with Crippen LogP contribution in [0.2, 0.25) is 0 Å². The second-order valence-corrected chi connectivity index (χ2v) is 6.38. The van der Waals surface area contributed by atoms with Crippen molar-refractivity contribution in [3.8, 4) is 5.75 Å². The quantitative estimate of drug-likeness (QED) is 0.600. The molecule has 5 nitrogen and oxygen atoms in total. The van der Waals surface area contributed by atoms with E-state index in [0.717, 1.165) is 29.2 Å². The Morgan fingerprint density at radius 2 is 1.74 bits per heavy atom. The van der Waals surface area contributed by atoms with E-state index in [-0.39, 0.29) is 11.9 Å². The van der Waals surface area contributed by atoms with Crippen molar-refractivity contribution in [1.82, 2.24) is 9.97 Å². The monoisotopic (exact) mass is 366 g/mol. The summed E-state index contributed by atoms with van der Waals surface area (Å²) in [6.07, 6.45) is 2.37. The van der Waals surface area contributed by atoms with Gasteiger partial charge in [0.1, 0.15) is 29.5 Å². The van der Waals surface area contributed by atoms with E-state index < -0.39 is 0 Å². The lowest BCUT2D eigenvalue weighted by Crippen LogP contribution is -2.08. The molecule has 0 unspecified atom stereocenters. The van der Waals surface area contributed by atoms with Crippen LogP contribution in [0.4, 0.5) is 21.7 Å². The van der Waals surface area contributed by atoms with Gasteiger partial charge in [-0.05, 0) is 50.1 Å². The third-order valence-electron chi connectivity index (χ3n) is 3.81. The zero-order valence-electron chi connectivity index (χ0n) is 15.4. The van der Waals surface area contributed by atoms with E-state index in [4.69, 9.17) is 4.74 Å². The zero-order chi connectivity index (χ0) is 19.1. The van der Waals surface area contributed by atoms with Crippen LogP contribution in [-0.4, -0.2) is 22.6 Å². The molecular formula is C21H23FN4O. The number of hydrogen-bond acceptors (Lipinski definition) is 5. The summed E-state index contributed by atoms with van der Waals surface area (Å²) in [7, 11) is 0. The van der Waals surface area contributed by atoms with Crippen LogP contribution < -0.4 is 15.4 Å².